The van der Waals surface area contributed by atoms with E-state index in [1.54, 1.807) is 6.20 Å². The summed E-state index contributed by atoms with van der Waals surface area (Å²) in [7, 11) is 0. The first-order valence-corrected chi connectivity index (χ1v) is 7.30. The molecule has 1 aliphatic heterocycles. The monoisotopic (exact) mass is 274 g/mol. The predicted molar refractivity (Wildman–Crippen MR) is 76.5 cm³/mol. The average molecular weight is 274 g/mol. The fraction of sp³-hybridized carbons (Fsp3) is 0.625. The Morgan fingerprint density at radius 2 is 2.20 bits per heavy atom. The highest BCUT2D eigenvalue weighted by molar-refractivity contribution is 5.70. The van der Waals surface area contributed by atoms with Gasteiger partial charge in [-0.3, -0.25) is 4.98 Å². The maximum Gasteiger partial charge on any atom is 0.410 e. The number of hydrogen-bond donors (Lipinski definition) is 0. The van der Waals surface area contributed by atoms with Crippen molar-refractivity contribution in [2.75, 3.05) is 6.54 Å². The Bertz CT molecular complexity index is 503. The van der Waals surface area contributed by atoms with E-state index in [1.807, 2.05) is 37.9 Å². The van der Waals surface area contributed by atoms with Crippen molar-refractivity contribution in [3.05, 3.63) is 30.1 Å². The molecule has 2 fully saturated rings. The molecule has 3 rings (SSSR count). The average Bonchev–Trinajstić information content (AvgIpc) is 3.01. The van der Waals surface area contributed by atoms with Crippen LogP contribution in [-0.2, 0) is 4.74 Å². The van der Waals surface area contributed by atoms with Crippen LogP contribution in [0.15, 0.2) is 24.5 Å². The number of hydrogen-bond acceptors (Lipinski definition) is 3. The highest BCUT2D eigenvalue weighted by Crippen LogP contribution is 2.54. The van der Waals surface area contributed by atoms with Crippen molar-refractivity contribution in [1.82, 2.24) is 9.88 Å². The van der Waals surface area contributed by atoms with E-state index >= 15 is 0 Å². The van der Waals surface area contributed by atoms with E-state index in [4.69, 9.17) is 4.74 Å². The van der Waals surface area contributed by atoms with Gasteiger partial charge in [0.2, 0.25) is 0 Å². The van der Waals surface area contributed by atoms with Gasteiger partial charge in [0.1, 0.15) is 5.60 Å². The van der Waals surface area contributed by atoms with Gasteiger partial charge in [0.15, 0.2) is 0 Å². The maximum atomic E-state index is 12.4. The molecule has 1 aromatic rings. The molecule has 1 spiro atoms. The summed E-state index contributed by atoms with van der Waals surface area (Å²) in [5.41, 5.74) is 0.854. The smallest absolute Gasteiger partial charge is 0.410 e. The summed E-state index contributed by atoms with van der Waals surface area (Å²) in [5.74, 6) is 0.388. The first kappa shape index (κ1) is 13.4. The molecular weight excluding hydrogens is 252 g/mol. The number of carbonyl (C=O) groups is 1. The minimum Gasteiger partial charge on any atom is -0.444 e. The minimum absolute atomic E-state index is 0.0584. The number of amides is 1. The van der Waals surface area contributed by atoms with E-state index in [-0.39, 0.29) is 11.6 Å². The van der Waals surface area contributed by atoms with E-state index < -0.39 is 5.60 Å². The van der Waals surface area contributed by atoms with Crippen LogP contribution in [0, 0.1) is 0 Å². The Morgan fingerprint density at radius 3 is 2.75 bits per heavy atom. The number of likely N-dealkylation sites (tertiary alicyclic amines) is 1. The summed E-state index contributed by atoms with van der Waals surface area (Å²) in [6, 6.07) is 4.07. The second kappa shape index (κ2) is 4.47. The summed E-state index contributed by atoms with van der Waals surface area (Å²) in [6.45, 7) is 6.50. The Labute approximate surface area is 120 Å². The standard InChI is InChI=1S/C16H22N2O2/c1-15(2,3)20-14(19)18-11-13(9-16(18)6-7-16)12-5-4-8-17-10-12/h4-5,8,10,13H,6-7,9,11H2,1-3H3/t13-/m0/s1. The Kier molecular flexibility index (Phi) is 3.00. The van der Waals surface area contributed by atoms with Gasteiger partial charge in [0.05, 0.1) is 0 Å². The number of rotatable bonds is 1. The number of pyridine rings is 1. The van der Waals surface area contributed by atoms with Gasteiger partial charge in [-0.15, -0.1) is 0 Å². The van der Waals surface area contributed by atoms with Crippen molar-refractivity contribution in [2.24, 2.45) is 0 Å². The van der Waals surface area contributed by atoms with Crippen molar-refractivity contribution in [3.8, 4) is 0 Å². The highest BCUT2D eigenvalue weighted by atomic mass is 16.6. The molecule has 0 radical (unpaired) electrons. The molecule has 4 nitrogen and oxygen atoms in total. The zero-order valence-corrected chi connectivity index (χ0v) is 12.4. The first-order chi connectivity index (χ1) is 9.40. The Balaban J connectivity index is 1.75. The first-order valence-electron chi connectivity index (χ1n) is 7.30. The van der Waals surface area contributed by atoms with Crippen LogP contribution in [0.1, 0.15) is 51.5 Å². The second-order valence-corrected chi connectivity index (χ2v) is 7.00. The molecule has 0 aromatic carbocycles. The number of aromatic nitrogens is 1. The van der Waals surface area contributed by atoms with E-state index in [9.17, 15) is 4.79 Å². The van der Waals surface area contributed by atoms with Gasteiger partial charge in [-0.1, -0.05) is 6.07 Å². The van der Waals surface area contributed by atoms with Crippen molar-refractivity contribution < 1.29 is 9.53 Å². The number of ether oxygens (including phenoxy) is 1. The molecule has 4 heteroatoms. The molecule has 2 aliphatic rings. The van der Waals surface area contributed by atoms with Crippen LogP contribution in [0.5, 0.6) is 0 Å². The SMILES string of the molecule is CC(C)(C)OC(=O)N1C[C@@H](c2cccnc2)CC12CC2. The zero-order valence-electron chi connectivity index (χ0n) is 12.4. The lowest BCUT2D eigenvalue weighted by atomic mass is 9.97. The molecule has 108 valence electrons. The Hall–Kier alpha value is -1.58. The third-order valence-electron chi connectivity index (χ3n) is 4.20. The van der Waals surface area contributed by atoms with Gasteiger partial charge < -0.3 is 9.64 Å². The van der Waals surface area contributed by atoms with Gasteiger partial charge >= 0.3 is 6.09 Å². The molecule has 0 unspecified atom stereocenters. The quantitative estimate of drug-likeness (QED) is 0.788. The van der Waals surface area contributed by atoms with Crippen LogP contribution < -0.4 is 0 Å². The van der Waals surface area contributed by atoms with Crippen LogP contribution in [0.4, 0.5) is 4.79 Å². The molecule has 20 heavy (non-hydrogen) atoms. The van der Waals surface area contributed by atoms with E-state index in [2.05, 4.69) is 11.1 Å². The molecule has 1 aliphatic carbocycles. The predicted octanol–water partition coefficient (Wildman–Crippen LogP) is 3.34. The van der Waals surface area contributed by atoms with Gasteiger partial charge in [-0.2, -0.15) is 0 Å². The minimum atomic E-state index is -0.431. The molecule has 2 heterocycles. The van der Waals surface area contributed by atoms with Crippen molar-refractivity contribution in [1.29, 1.82) is 0 Å². The molecule has 1 saturated heterocycles. The molecule has 1 saturated carbocycles. The Morgan fingerprint density at radius 1 is 1.45 bits per heavy atom. The summed E-state index contributed by atoms with van der Waals surface area (Å²) in [4.78, 5) is 18.5. The van der Waals surface area contributed by atoms with E-state index in [1.165, 1.54) is 5.56 Å². The third-order valence-corrected chi connectivity index (χ3v) is 4.20. The summed E-state index contributed by atoms with van der Waals surface area (Å²) in [6.07, 6.45) is 6.78. The molecular formula is C16H22N2O2. The van der Waals surface area contributed by atoms with Crippen LogP contribution in [0.3, 0.4) is 0 Å². The molecule has 0 N–H and O–H groups in total. The van der Waals surface area contributed by atoms with Crippen molar-refractivity contribution in [2.45, 2.75) is 57.1 Å². The van der Waals surface area contributed by atoms with Crippen LogP contribution in [0.25, 0.3) is 0 Å². The van der Waals surface area contributed by atoms with Crippen LogP contribution in [0.2, 0.25) is 0 Å². The van der Waals surface area contributed by atoms with Gasteiger partial charge in [0, 0.05) is 30.4 Å². The maximum absolute atomic E-state index is 12.4. The largest absolute Gasteiger partial charge is 0.444 e. The molecule has 1 atom stereocenters. The van der Waals surface area contributed by atoms with Crippen LogP contribution >= 0.6 is 0 Å². The molecule has 1 aromatic heterocycles. The fourth-order valence-electron chi connectivity index (χ4n) is 3.09. The summed E-state index contributed by atoms with van der Waals surface area (Å²) in [5, 5.41) is 0. The lowest BCUT2D eigenvalue weighted by Gasteiger charge is -2.28. The molecule has 1 amide bonds. The van der Waals surface area contributed by atoms with Gasteiger partial charge in [-0.25, -0.2) is 4.79 Å². The normalized spacial score (nSPS) is 23.9. The zero-order chi connectivity index (χ0) is 14.4. The van der Waals surface area contributed by atoms with Gasteiger partial charge in [-0.05, 0) is 51.7 Å². The highest BCUT2D eigenvalue weighted by Gasteiger charge is 2.57. The van der Waals surface area contributed by atoms with Gasteiger partial charge in [0.25, 0.3) is 0 Å². The second-order valence-electron chi connectivity index (χ2n) is 7.00. The lowest BCUT2D eigenvalue weighted by molar-refractivity contribution is 0.0202. The summed E-state index contributed by atoms with van der Waals surface area (Å²) < 4.78 is 5.55. The van der Waals surface area contributed by atoms with Crippen LogP contribution in [-0.4, -0.2) is 33.7 Å². The summed E-state index contributed by atoms with van der Waals surface area (Å²) >= 11 is 0. The topological polar surface area (TPSA) is 42.4 Å². The third kappa shape index (κ3) is 2.51. The lowest BCUT2D eigenvalue weighted by Crippen LogP contribution is -2.41. The van der Waals surface area contributed by atoms with Crippen molar-refractivity contribution in [3.63, 3.8) is 0 Å². The number of carbonyl (C=O) groups excluding carboxylic acids is 1. The fourth-order valence-corrected chi connectivity index (χ4v) is 3.09. The van der Waals surface area contributed by atoms with E-state index in [0.29, 0.717) is 5.92 Å². The van der Waals surface area contributed by atoms with E-state index in [0.717, 1.165) is 25.8 Å². The molecule has 0 bridgehead atoms. The number of nitrogens with zero attached hydrogens (tertiary/aromatic N) is 2. The van der Waals surface area contributed by atoms with Crippen molar-refractivity contribution >= 4 is 6.09 Å².